The summed E-state index contributed by atoms with van der Waals surface area (Å²) in [6.07, 6.45) is 11.0. The summed E-state index contributed by atoms with van der Waals surface area (Å²) in [6.45, 7) is 8.28. The molecule has 0 aliphatic carbocycles. The summed E-state index contributed by atoms with van der Waals surface area (Å²) in [5.41, 5.74) is 5.98. The number of nitrogens with zero attached hydrogens (tertiary/aromatic N) is 2. The maximum Gasteiger partial charge on any atom is 0.243 e. The standard InChI is InChI=1S/C20H28N4O2/c1-5-7-15(8-6-2)17-13-18(23-22-17)24-10-9-16(12-20(24)26)14(3)11-19(25)21-4/h5-8,11,16,18,23H,1,9-10,12-13H2,2-4H3,(H,21,25)/b8-6-,14-11+,15-7+. The molecule has 1 saturated heterocycles. The molecule has 140 valence electrons. The summed E-state index contributed by atoms with van der Waals surface area (Å²) in [4.78, 5) is 26.0. The van der Waals surface area contributed by atoms with Crippen LogP contribution in [0, 0.1) is 5.92 Å². The molecule has 2 atom stereocenters. The van der Waals surface area contributed by atoms with Gasteiger partial charge in [-0.25, -0.2) is 0 Å². The second kappa shape index (κ2) is 9.17. The lowest BCUT2D eigenvalue weighted by atomic mass is 9.88. The second-order valence-corrected chi connectivity index (χ2v) is 6.54. The predicted octanol–water partition coefficient (Wildman–Crippen LogP) is 2.28. The minimum absolute atomic E-state index is 0.0974. The molecule has 0 aromatic carbocycles. The van der Waals surface area contributed by atoms with Crippen molar-refractivity contribution in [3.05, 3.63) is 48.1 Å². The zero-order chi connectivity index (χ0) is 19.1. The molecule has 6 heteroatoms. The lowest BCUT2D eigenvalue weighted by molar-refractivity contribution is -0.137. The van der Waals surface area contributed by atoms with E-state index >= 15 is 0 Å². The number of carbonyl (C=O) groups is 2. The molecule has 2 aliphatic rings. The van der Waals surface area contributed by atoms with E-state index in [-0.39, 0.29) is 23.9 Å². The van der Waals surface area contributed by atoms with Gasteiger partial charge in [0.2, 0.25) is 11.8 Å². The van der Waals surface area contributed by atoms with Crippen molar-refractivity contribution in [2.24, 2.45) is 11.0 Å². The molecule has 2 rings (SSSR count). The Morgan fingerprint density at radius 2 is 2.19 bits per heavy atom. The van der Waals surface area contributed by atoms with Crippen LogP contribution in [0.5, 0.6) is 0 Å². The third-order valence-electron chi connectivity index (χ3n) is 4.80. The normalized spacial score (nSPS) is 24.5. The highest BCUT2D eigenvalue weighted by molar-refractivity contribution is 6.04. The number of nitrogens with one attached hydrogen (secondary N) is 2. The summed E-state index contributed by atoms with van der Waals surface area (Å²) < 4.78 is 0. The van der Waals surface area contributed by atoms with Gasteiger partial charge in [-0.15, -0.1) is 0 Å². The fourth-order valence-corrected chi connectivity index (χ4v) is 3.31. The van der Waals surface area contributed by atoms with Crippen molar-refractivity contribution in [2.45, 2.75) is 39.3 Å². The number of likely N-dealkylation sites (N-methyl/N-ethyl adjacent to an activating group) is 1. The average Bonchev–Trinajstić information content (AvgIpc) is 3.10. The number of hydrogen-bond acceptors (Lipinski definition) is 4. The van der Waals surface area contributed by atoms with E-state index in [0.717, 1.165) is 23.3 Å². The Bertz CT molecular complexity index is 688. The third kappa shape index (κ3) is 4.71. The number of carbonyl (C=O) groups excluding carboxylic acids is 2. The molecule has 2 heterocycles. The number of amides is 2. The van der Waals surface area contributed by atoms with Gasteiger partial charge in [0.15, 0.2) is 0 Å². The highest BCUT2D eigenvalue weighted by atomic mass is 16.2. The number of hydrogen-bond donors (Lipinski definition) is 2. The Balaban J connectivity index is 1.98. The maximum absolute atomic E-state index is 12.6. The lowest BCUT2D eigenvalue weighted by Gasteiger charge is -2.35. The molecule has 2 unspecified atom stereocenters. The molecule has 0 spiro atoms. The van der Waals surface area contributed by atoms with Crippen molar-refractivity contribution in [2.75, 3.05) is 13.6 Å². The van der Waals surface area contributed by atoms with Crippen molar-refractivity contribution in [3.63, 3.8) is 0 Å². The summed E-state index contributed by atoms with van der Waals surface area (Å²) in [7, 11) is 1.60. The SMILES string of the molecule is C=C/C=C(\C=C/C)C1=NNC(N2CCC(/C(C)=C/C(=O)NC)CC2=O)C1. The summed E-state index contributed by atoms with van der Waals surface area (Å²) >= 11 is 0. The molecule has 26 heavy (non-hydrogen) atoms. The van der Waals surface area contributed by atoms with Gasteiger partial charge < -0.3 is 10.2 Å². The van der Waals surface area contributed by atoms with E-state index in [0.29, 0.717) is 19.4 Å². The van der Waals surface area contributed by atoms with Gasteiger partial charge in [0, 0.05) is 32.5 Å². The van der Waals surface area contributed by atoms with Crippen LogP contribution in [0.4, 0.5) is 0 Å². The molecule has 2 aliphatic heterocycles. The van der Waals surface area contributed by atoms with Gasteiger partial charge in [0.05, 0.1) is 5.71 Å². The van der Waals surface area contributed by atoms with Crippen LogP contribution in [0.3, 0.4) is 0 Å². The first kappa shape index (κ1) is 19.7. The Morgan fingerprint density at radius 1 is 1.42 bits per heavy atom. The zero-order valence-corrected chi connectivity index (χ0v) is 15.8. The topological polar surface area (TPSA) is 73.8 Å². The number of allylic oxidation sites excluding steroid dienone is 6. The van der Waals surface area contributed by atoms with Gasteiger partial charge >= 0.3 is 0 Å². The van der Waals surface area contributed by atoms with E-state index in [1.54, 1.807) is 19.2 Å². The van der Waals surface area contributed by atoms with Crippen molar-refractivity contribution in [1.29, 1.82) is 0 Å². The minimum Gasteiger partial charge on any atom is -0.356 e. The molecule has 0 bridgehead atoms. The number of piperidine rings is 1. The maximum atomic E-state index is 12.6. The van der Waals surface area contributed by atoms with Gasteiger partial charge in [-0.1, -0.05) is 36.5 Å². The van der Waals surface area contributed by atoms with Crippen LogP contribution in [0.1, 0.15) is 33.1 Å². The van der Waals surface area contributed by atoms with E-state index in [1.165, 1.54) is 0 Å². The molecular weight excluding hydrogens is 328 g/mol. The van der Waals surface area contributed by atoms with Crippen molar-refractivity contribution < 1.29 is 9.59 Å². The summed E-state index contributed by atoms with van der Waals surface area (Å²) in [6, 6.07) is 0. The van der Waals surface area contributed by atoms with E-state index in [9.17, 15) is 9.59 Å². The Morgan fingerprint density at radius 3 is 2.81 bits per heavy atom. The van der Waals surface area contributed by atoms with Crippen molar-refractivity contribution >= 4 is 17.5 Å². The fourth-order valence-electron chi connectivity index (χ4n) is 3.31. The summed E-state index contributed by atoms with van der Waals surface area (Å²) in [5.74, 6) is 0.0932. The first-order valence-electron chi connectivity index (χ1n) is 8.97. The molecule has 0 aromatic rings. The Hall–Kier alpha value is -2.63. The van der Waals surface area contributed by atoms with Gasteiger partial charge in [-0.3, -0.25) is 15.0 Å². The van der Waals surface area contributed by atoms with E-state index in [1.807, 2.05) is 37.0 Å². The van der Waals surface area contributed by atoms with Gasteiger partial charge in [-0.05, 0) is 31.8 Å². The first-order chi connectivity index (χ1) is 12.5. The van der Waals surface area contributed by atoms with Crippen LogP contribution in [-0.4, -0.2) is 42.2 Å². The molecule has 0 aromatic heterocycles. The number of hydrazone groups is 1. The lowest BCUT2D eigenvalue weighted by Crippen LogP contribution is -2.49. The van der Waals surface area contributed by atoms with Crippen LogP contribution in [0.25, 0.3) is 0 Å². The first-order valence-corrected chi connectivity index (χ1v) is 8.97. The van der Waals surface area contributed by atoms with Crippen LogP contribution in [0.15, 0.2) is 53.2 Å². The Kier molecular flexibility index (Phi) is 6.95. The molecule has 2 amide bonds. The molecule has 1 fully saturated rings. The highest BCUT2D eigenvalue weighted by Crippen LogP contribution is 2.28. The zero-order valence-electron chi connectivity index (χ0n) is 15.8. The average molecular weight is 356 g/mol. The quantitative estimate of drug-likeness (QED) is 0.566. The van der Waals surface area contributed by atoms with Crippen molar-refractivity contribution in [3.8, 4) is 0 Å². The van der Waals surface area contributed by atoms with Crippen LogP contribution in [-0.2, 0) is 9.59 Å². The van der Waals surface area contributed by atoms with E-state index in [4.69, 9.17) is 0 Å². The van der Waals surface area contributed by atoms with Crippen LogP contribution in [0.2, 0.25) is 0 Å². The van der Waals surface area contributed by atoms with E-state index in [2.05, 4.69) is 22.4 Å². The minimum atomic E-state index is -0.126. The van der Waals surface area contributed by atoms with Gasteiger partial charge in [-0.2, -0.15) is 5.10 Å². The van der Waals surface area contributed by atoms with E-state index < -0.39 is 0 Å². The van der Waals surface area contributed by atoms with Crippen LogP contribution >= 0.6 is 0 Å². The fraction of sp³-hybridized carbons (Fsp3) is 0.450. The monoisotopic (exact) mass is 356 g/mol. The number of likely N-dealkylation sites (tertiary alicyclic amines) is 1. The van der Waals surface area contributed by atoms with Crippen molar-refractivity contribution in [1.82, 2.24) is 15.6 Å². The summed E-state index contributed by atoms with van der Waals surface area (Å²) in [5, 5.41) is 6.99. The van der Waals surface area contributed by atoms with Gasteiger partial charge in [0.25, 0.3) is 0 Å². The highest BCUT2D eigenvalue weighted by Gasteiger charge is 2.34. The predicted molar refractivity (Wildman–Crippen MR) is 104 cm³/mol. The van der Waals surface area contributed by atoms with Crippen LogP contribution < -0.4 is 10.7 Å². The molecule has 2 N–H and O–H groups in total. The molecule has 0 saturated carbocycles. The number of rotatable bonds is 6. The molecule has 0 radical (unpaired) electrons. The van der Waals surface area contributed by atoms with Gasteiger partial charge in [0.1, 0.15) is 6.17 Å². The Labute approximate surface area is 155 Å². The molecular formula is C20H28N4O2. The molecule has 6 nitrogen and oxygen atoms in total. The smallest absolute Gasteiger partial charge is 0.243 e. The second-order valence-electron chi connectivity index (χ2n) is 6.54. The largest absolute Gasteiger partial charge is 0.356 e. The third-order valence-corrected chi connectivity index (χ3v) is 4.80.